The van der Waals surface area contributed by atoms with Gasteiger partial charge in [0.1, 0.15) is 0 Å². The standard InChI is InChI=1S/C27H32N4O5/c1-17(2)35-15-9-14-31-18(3)23(26-29-25(30-36-26)19-10-7-6-8-11-19)24(28-27(31)32)20-12-13-21(33-4)22(16-20)34-5/h6-8,10-13,16-17,24H,9,14-15H2,1-5H3,(H,28,32). The lowest BCUT2D eigenvalue weighted by atomic mass is 9.94. The van der Waals surface area contributed by atoms with Gasteiger partial charge in [-0.1, -0.05) is 41.6 Å². The summed E-state index contributed by atoms with van der Waals surface area (Å²) in [5.41, 5.74) is 3.11. The van der Waals surface area contributed by atoms with Crippen molar-refractivity contribution in [3.63, 3.8) is 0 Å². The molecule has 1 atom stereocenters. The normalized spacial score (nSPS) is 15.9. The van der Waals surface area contributed by atoms with Crippen LogP contribution in [-0.2, 0) is 4.74 Å². The Hall–Kier alpha value is -3.85. The minimum atomic E-state index is -0.524. The first-order chi connectivity index (χ1) is 17.4. The molecule has 1 aliphatic heterocycles. The highest BCUT2D eigenvalue weighted by atomic mass is 16.5. The Morgan fingerprint density at radius 2 is 1.83 bits per heavy atom. The molecule has 0 radical (unpaired) electrons. The zero-order valence-electron chi connectivity index (χ0n) is 21.3. The fourth-order valence-electron chi connectivity index (χ4n) is 4.19. The number of nitrogens with zero attached hydrogens (tertiary/aromatic N) is 3. The molecule has 0 saturated carbocycles. The van der Waals surface area contributed by atoms with Crippen LogP contribution in [0.3, 0.4) is 0 Å². The molecule has 1 aliphatic rings. The van der Waals surface area contributed by atoms with Crippen molar-refractivity contribution < 1.29 is 23.5 Å². The molecule has 36 heavy (non-hydrogen) atoms. The lowest BCUT2D eigenvalue weighted by Crippen LogP contribution is -2.46. The number of hydrogen-bond acceptors (Lipinski definition) is 7. The van der Waals surface area contributed by atoms with Crippen LogP contribution in [0.4, 0.5) is 4.79 Å². The van der Waals surface area contributed by atoms with Crippen molar-refractivity contribution in [2.45, 2.75) is 39.3 Å². The number of allylic oxidation sites excluding steroid dienone is 1. The van der Waals surface area contributed by atoms with Crippen LogP contribution in [-0.4, -0.2) is 54.5 Å². The number of carbonyl (C=O) groups excluding carboxylic acids is 1. The molecule has 1 N–H and O–H groups in total. The van der Waals surface area contributed by atoms with Crippen molar-refractivity contribution in [3.05, 3.63) is 65.7 Å². The fourth-order valence-corrected chi connectivity index (χ4v) is 4.19. The molecule has 9 nitrogen and oxygen atoms in total. The summed E-state index contributed by atoms with van der Waals surface area (Å²) in [7, 11) is 3.16. The number of hydrogen-bond donors (Lipinski definition) is 1. The van der Waals surface area contributed by atoms with E-state index in [0.717, 1.165) is 22.4 Å². The minimum Gasteiger partial charge on any atom is -0.493 e. The molecule has 2 amide bonds. The Balaban J connectivity index is 1.74. The third-order valence-electron chi connectivity index (χ3n) is 6.00. The van der Waals surface area contributed by atoms with Gasteiger partial charge in [-0.15, -0.1) is 0 Å². The van der Waals surface area contributed by atoms with Crippen molar-refractivity contribution in [2.75, 3.05) is 27.4 Å². The van der Waals surface area contributed by atoms with Gasteiger partial charge < -0.3 is 24.1 Å². The zero-order valence-corrected chi connectivity index (χ0v) is 21.3. The number of benzene rings is 2. The van der Waals surface area contributed by atoms with E-state index in [9.17, 15) is 4.79 Å². The SMILES string of the molecule is COc1ccc(C2NC(=O)N(CCCOC(C)C)C(C)=C2c2nc(-c3ccccc3)no2)cc1OC. The van der Waals surface area contributed by atoms with Crippen LogP contribution in [0.5, 0.6) is 11.5 Å². The first kappa shape index (κ1) is 25.2. The summed E-state index contributed by atoms with van der Waals surface area (Å²) in [5, 5.41) is 7.32. The van der Waals surface area contributed by atoms with Crippen LogP contribution in [0.15, 0.2) is 58.8 Å². The van der Waals surface area contributed by atoms with Crippen molar-refractivity contribution in [1.29, 1.82) is 0 Å². The molecule has 0 saturated heterocycles. The van der Waals surface area contributed by atoms with E-state index in [2.05, 4.69) is 10.5 Å². The van der Waals surface area contributed by atoms with Crippen LogP contribution in [0.2, 0.25) is 0 Å². The van der Waals surface area contributed by atoms with Gasteiger partial charge in [-0.25, -0.2) is 4.79 Å². The third-order valence-corrected chi connectivity index (χ3v) is 6.00. The quantitative estimate of drug-likeness (QED) is 0.395. The van der Waals surface area contributed by atoms with Crippen LogP contribution in [0.1, 0.15) is 44.7 Å². The molecule has 4 rings (SSSR count). The van der Waals surface area contributed by atoms with Crippen LogP contribution in [0, 0.1) is 0 Å². The summed E-state index contributed by atoms with van der Waals surface area (Å²) in [6.45, 7) is 6.93. The lowest BCUT2D eigenvalue weighted by molar-refractivity contribution is 0.0736. The van der Waals surface area contributed by atoms with Crippen LogP contribution >= 0.6 is 0 Å². The molecule has 2 heterocycles. The second kappa shape index (κ2) is 11.3. The molecule has 0 aliphatic carbocycles. The molecular formula is C27H32N4O5. The predicted molar refractivity (Wildman–Crippen MR) is 136 cm³/mol. The monoisotopic (exact) mass is 492 g/mol. The molecule has 1 unspecified atom stereocenters. The number of urea groups is 1. The van der Waals surface area contributed by atoms with Crippen molar-refractivity contribution in [2.24, 2.45) is 0 Å². The number of nitrogens with one attached hydrogen (secondary N) is 1. The van der Waals surface area contributed by atoms with E-state index in [1.54, 1.807) is 19.1 Å². The Kier molecular flexibility index (Phi) is 7.90. The smallest absolute Gasteiger partial charge is 0.322 e. The van der Waals surface area contributed by atoms with E-state index >= 15 is 0 Å². The van der Waals surface area contributed by atoms with Gasteiger partial charge >= 0.3 is 6.03 Å². The number of carbonyl (C=O) groups is 1. The van der Waals surface area contributed by atoms with Gasteiger partial charge in [-0.05, 0) is 44.9 Å². The molecular weight excluding hydrogens is 460 g/mol. The largest absolute Gasteiger partial charge is 0.493 e. The summed E-state index contributed by atoms with van der Waals surface area (Å²) in [6.07, 6.45) is 0.827. The highest BCUT2D eigenvalue weighted by molar-refractivity contribution is 5.87. The Bertz CT molecular complexity index is 1220. The van der Waals surface area contributed by atoms with Gasteiger partial charge in [-0.3, -0.25) is 4.90 Å². The van der Waals surface area contributed by atoms with E-state index < -0.39 is 6.04 Å². The highest BCUT2D eigenvalue weighted by Crippen LogP contribution is 2.40. The molecule has 3 aromatic rings. The van der Waals surface area contributed by atoms with Crippen molar-refractivity contribution in [1.82, 2.24) is 20.4 Å². The van der Waals surface area contributed by atoms with Crippen molar-refractivity contribution >= 4 is 11.6 Å². The Morgan fingerprint density at radius 3 is 2.53 bits per heavy atom. The second-order valence-corrected chi connectivity index (χ2v) is 8.71. The van der Waals surface area contributed by atoms with E-state index in [0.29, 0.717) is 42.8 Å². The summed E-state index contributed by atoms with van der Waals surface area (Å²) in [6, 6.07) is 14.4. The van der Waals surface area contributed by atoms with Crippen LogP contribution in [0.25, 0.3) is 17.0 Å². The number of amides is 2. The maximum absolute atomic E-state index is 13.2. The molecule has 0 spiro atoms. The van der Waals surface area contributed by atoms with Gasteiger partial charge in [0.2, 0.25) is 5.82 Å². The molecule has 190 valence electrons. The minimum absolute atomic E-state index is 0.136. The van der Waals surface area contributed by atoms with Gasteiger partial charge in [0, 0.05) is 24.4 Å². The summed E-state index contributed by atoms with van der Waals surface area (Å²) in [4.78, 5) is 19.6. The number of aromatic nitrogens is 2. The molecule has 0 bridgehead atoms. The topological polar surface area (TPSA) is 99.0 Å². The number of rotatable bonds is 10. The summed E-state index contributed by atoms with van der Waals surface area (Å²) in [5.74, 6) is 1.98. The first-order valence-electron chi connectivity index (χ1n) is 11.9. The first-order valence-corrected chi connectivity index (χ1v) is 11.9. The van der Waals surface area contributed by atoms with E-state index in [1.165, 1.54) is 0 Å². The third kappa shape index (κ3) is 5.36. The van der Waals surface area contributed by atoms with E-state index in [4.69, 9.17) is 23.7 Å². The maximum atomic E-state index is 13.2. The van der Waals surface area contributed by atoms with Crippen molar-refractivity contribution in [3.8, 4) is 22.9 Å². The van der Waals surface area contributed by atoms with Gasteiger partial charge in [0.15, 0.2) is 11.5 Å². The predicted octanol–water partition coefficient (Wildman–Crippen LogP) is 5.07. The summed E-state index contributed by atoms with van der Waals surface area (Å²) >= 11 is 0. The van der Waals surface area contributed by atoms with Gasteiger partial charge in [-0.2, -0.15) is 4.98 Å². The van der Waals surface area contributed by atoms with Crippen LogP contribution < -0.4 is 14.8 Å². The number of ether oxygens (including phenoxy) is 3. The maximum Gasteiger partial charge on any atom is 0.322 e. The average Bonchev–Trinajstić information content (AvgIpc) is 3.37. The van der Waals surface area contributed by atoms with Gasteiger partial charge in [0.05, 0.1) is 31.9 Å². The highest BCUT2D eigenvalue weighted by Gasteiger charge is 2.36. The lowest BCUT2D eigenvalue weighted by Gasteiger charge is -2.35. The zero-order chi connectivity index (χ0) is 25.7. The number of methoxy groups -OCH3 is 2. The van der Waals surface area contributed by atoms with Gasteiger partial charge in [0.25, 0.3) is 5.89 Å². The fraction of sp³-hybridized carbons (Fsp3) is 0.370. The van der Waals surface area contributed by atoms with E-state index in [1.807, 2.05) is 69.3 Å². The van der Waals surface area contributed by atoms with E-state index in [-0.39, 0.29) is 12.1 Å². The molecule has 1 aromatic heterocycles. The Labute approximate surface area is 211 Å². The second-order valence-electron chi connectivity index (χ2n) is 8.71. The Morgan fingerprint density at radius 1 is 1.08 bits per heavy atom. The molecule has 9 heteroatoms. The molecule has 0 fully saturated rings. The summed E-state index contributed by atoms with van der Waals surface area (Å²) < 4.78 is 22.3. The molecule has 2 aromatic carbocycles. The average molecular weight is 493 g/mol.